The molecule has 1 atom stereocenters. The quantitative estimate of drug-likeness (QED) is 0.916. The average Bonchev–Trinajstić information content (AvgIpc) is 3.18. The maximum absolute atomic E-state index is 12.8. The van der Waals surface area contributed by atoms with E-state index in [9.17, 15) is 4.79 Å². The maximum atomic E-state index is 12.8. The molecule has 0 unspecified atom stereocenters. The van der Waals surface area contributed by atoms with E-state index in [1.807, 2.05) is 31.9 Å². The van der Waals surface area contributed by atoms with Gasteiger partial charge in [0.15, 0.2) is 0 Å². The van der Waals surface area contributed by atoms with Crippen molar-refractivity contribution >= 4 is 5.91 Å². The number of likely N-dealkylation sites (tertiary alicyclic amines) is 1. The summed E-state index contributed by atoms with van der Waals surface area (Å²) in [6.45, 7) is 7.28. The van der Waals surface area contributed by atoms with Gasteiger partial charge in [0.2, 0.25) is 5.91 Å². The maximum Gasteiger partial charge on any atom is 0.250 e. The fourth-order valence-electron chi connectivity index (χ4n) is 2.93. The zero-order valence-electron chi connectivity index (χ0n) is 12.6. The predicted molar refractivity (Wildman–Crippen MR) is 76.6 cm³/mol. The first kappa shape index (κ1) is 13.8. The van der Waals surface area contributed by atoms with Crippen molar-refractivity contribution in [1.29, 1.82) is 0 Å². The van der Waals surface area contributed by atoms with Crippen molar-refractivity contribution in [3.63, 3.8) is 0 Å². The number of carbonyl (C=O) groups is 1. The highest BCUT2D eigenvalue weighted by molar-refractivity contribution is 5.84. The largest absolute Gasteiger partial charge is 0.340 e. The first-order valence-corrected chi connectivity index (χ1v) is 7.14. The highest BCUT2D eigenvalue weighted by Gasteiger charge is 2.38. The molecule has 1 aliphatic rings. The van der Waals surface area contributed by atoms with Gasteiger partial charge >= 0.3 is 0 Å². The van der Waals surface area contributed by atoms with Crippen molar-refractivity contribution in [3.8, 4) is 0 Å². The van der Waals surface area contributed by atoms with Gasteiger partial charge in [-0.2, -0.15) is 10.2 Å². The summed E-state index contributed by atoms with van der Waals surface area (Å²) in [4.78, 5) is 18.6. The van der Waals surface area contributed by atoms with E-state index in [1.165, 1.54) is 6.33 Å². The Balaban J connectivity index is 1.74. The van der Waals surface area contributed by atoms with Crippen molar-refractivity contribution in [2.45, 2.75) is 38.6 Å². The number of aromatic amines is 1. The van der Waals surface area contributed by atoms with Gasteiger partial charge in [-0.1, -0.05) is 0 Å². The molecule has 0 radical (unpaired) electrons. The van der Waals surface area contributed by atoms with Crippen LogP contribution in [0.15, 0.2) is 18.9 Å². The molecule has 0 aromatic carbocycles. The fourth-order valence-corrected chi connectivity index (χ4v) is 2.93. The second-order valence-electron chi connectivity index (χ2n) is 6.10. The number of aryl methyl sites for hydroxylation is 1. The van der Waals surface area contributed by atoms with Gasteiger partial charge in [0, 0.05) is 24.7 Å². The number of nitrogens with one attached hydrogen (secondary N) is 1. The first-order valence-electron chi connectivity index (χ1n) is 7.14. The third-order valence-corrected chi connectivity index (χ3v) is 4.27. The van der Waals surface area contributed by atoms with Crippen LogP contribution in [-0.2, 0) is 10.3 Å². The van der Waals surface area contributed by atoms with Crippen molar-refractivity contribution in [3.05, 3.63) is 30.1 Å². The molecule has 112 valence electrons. The van der Waals surface area contributed by atoms with Gasteiger partial charge in [0.05, 0.1) is 6.20 Å². The van der Waals surface area contributed by atoms with E-state index in [0.29, 0.717) is 5.92 Å². The molecule has 7 heteroatoms. The number of hydrogen-bond donors (Lipinski definition) is 1. The monoisotopic (exact) mass is 288 g/mol. The normalized spacial score (nSPS) is 19.2. The first-order chi connectivity index (χ1) is 10.00. The third-order valence-electron chi connectivity index (χ3n) is 4.27. The standard InChI is InChI=1S/C14H20N6O/c1-10-6-16-18-12(10)11-4-5-19(7-11)13(21)14(2,3)20-9-15-8-17-20/h6,8-9,11H,4-5,7H2,1-3H3,(H,16,18)/t11-/m0/s1. The van der Waals surface area contributed by atoms with E-state index in [0.717, 1.165) is 30.8 Å². The average molecular weight is 288 g/mol. The number of rotatable bonds is 3. The second kappa shape index (κ2) is 4.98. The van der Waals surface area contributed by atoms with Crippen LogP contribution in [0.5, 0.6) is 0 Å². The summed E-state index contributed by atoms with van der Waals surface area (Å²) in [6.07, 6.45) is 5.83. The van der Waals surface area contributed by atoms with Gasteiger partial charge in [-0.3, -0.25) is 9.89 Å². The van der Waals surface area contributed by atoms with Gasteiger partial charge in [0.1, 0.15) is 18.2 Å². The molecular weight excluding hydrogens is 268 g/mol. The summed E-state index contributed by atoms with van der Waals surface area (Å²) in [7, 11) is 0. The lowest BCUT2D eigenvalue weighted by molar-refractivity contribution is -0.138. The minimum absolute atomic E-state index is 0.0765. The summed E-state index contributed by atoms with van der Waals surface area (Å²) in [5.74, 6) is 0.413. The Bertz CT molecular complexity index is 630. The summed E-state index contributed by atoms with van der Waals surface area (Å²) in [6, 6.07) is 0. The van der Waals surface area contributed by atoms with Crippen LogP contribution >= 0.6 is 0 Å². The van der Waals surface area contributed by atoms with E-state index in [1.54, 1.807) is 11.0 Å². The molecule has 1 fully saturated rings. The lowest BCUT2D eigenvalue weighted by Gasteiger charge is -2.29. The Kier molecular flexibility index (Phi) is 3.27. The lowest BCUT2D eigenvalue weighted by atomic mass is 10.0. The summed E-state index contributed by atoms with van der Waals surface area (Å²) >= 11 is 0. The Morgan fingerprint density at radius 1 is 1.48 bits per heavy atom. The highest BCUT2D eigenvalue weighted by atomic mass is 16.2. The fraction of sp³-hybridized carbons (Fsp3) is 0.571. The zero-order chi connectivity index (χ0) is 15.0. The SMILES string of the molecule is Cc1cn[nH]c1[C@H]1CCN(C(=O)C(C)(C)n2cncn2)C1. The predicted octanol–water partition coefficient (Wildman–Crippen LogP) is 1.06. The third kappa shape index (κ3) is 2.32. The van der Waals surface area contributed by atoms with Gasteiger partial charge in [-0.25, -0.2) is 9.67 Å². The minimum Gasteiger partial charge on any atom is -0.340 e. The van der Waals surface area contributed by atoms with Gasteiger partial charge in [-0.15, -0.1) is 0 Å². The number of amides is 1. The molecule has 0 spiro atoms. The van der Waals surface area contributed by atoms with Crippen LogP contribution in [0.2, 0.25) is 0 Å². The summed E-state index contributed by atoms with van der Waals surface area (Å²) in [5, 5.41) is 11.2. The molecule has 1 saturated heterocycles. The Hall–Kier alpha value is -2.18. The van der Waals surface area contributed by atoms with Crippen LogP contribution in [0.4, 0.5) is 0 Å². The van der Waals surface area contributed by atoms with E-state index in [2.05, 4.69) is 20.3 Å². The minimum atomic E-state index is -0.714. The summed E-state index contributed by atoms with van der Waals surface area (Å²) < 4.78 is 1.62. The van der Waals surface area contributed by atoms with Crippen LogP contribution < -0.4 is 0 Å². The van der Waals surface area contributed by atoms with E-state index < -0.39 is 5.54 Å². The van der Waals surface area contributed by atoms with Gasteiger partial charge in [-0.05, 0) is 32.8 Å². The molecule has 0 bridgehead atoms. The molecule has 1 N–H and O–H groups in total. The van der Waals surface area contributed by atoms with E-state index in [4.69, 9.17) is 0 Å². The van der Waals surface area contributed by atoms with E-state index >= 15 is 0 Å². The Morgan fingerprint density at radius 2 is 2.29 bits per heavy atom. The molecule has 2 aromatic rings. The van der Waals surface area contributed by atoms with Crippen LogP contribution in [-0.4, -0.2) is 48.9 Å². The molecular formula is C14H20N6O. The van der Waals surface area contributed by atoms with Crippen molar-refractivity contribution in [1.82, 2.24) is 29.9 Å². The van der Waals surface area contributed by atoms with Crippen LogP contribution in [0.25, 0.3) is 0 Å². The van der Waals surface area contributed by atoms with Crippen molar-refractivity contribution in [2.75, 3.05) is 13.1 Å². The van der Waals surface area contributed by atoms with Crippen molar-refractivity contribution < 1.29 is 4.79 Å². The summed E-state index contributed by atoms with van der Waals surface area (Å²) in [5.41, 5.74) is 1.59. The highest BCUT2D eigenvalue weighted by Crippen LogP contribution is 2.30. The van der Waals surface area contributed by atoms with Crippen molar-refractivity contribution in [2.24, 2.45) is 0 Å². The van der Waals surface area contributed by atoms with Gasteiger partial charge in [0.25, 0.3) is 0 Å². The Labute approximate surface area is 123 Å². The molecule has 21 heavy (non-hydrogen) atoms. The molecule has 0 saturated carbocycles. The van der Waals surface area contributed by atoms with Crippen LogP contribution in [0.3, 0.4) is 0 Å². The number of hydrogen-bond acceptors (Lipinski definition) is 4. The Morgan fingerprint density at radius 3 is 2.90 bits per heavy atom. The smallest absolute Gasteiger partial charge is 0.250 e. The molecule has 7 nitrogen and oxygen atoms in total. The molecule has 0 aliphatic carbocycles. The van der Waals surface area contributed by atoms with Crippen LogP contribution in [0.1, 0.15) is 37.4 Å². The van der Waals surface area contributed by atoms with Crippen LogP contribution in [0, 0.1) is 6.92 Å². The number of nitrogens with zero attached hydrogens (tertiary/aromatic N) is 5. The molecule has 3 heterocycles. The molecule has 3 rings (SSSR count). The molecule has 1 aliphatic heterocycles. The molecule has 1 amide bonds. The lowest BCUT2D eigenvalue weighted by Crippen LogP contribution is -2.46. The second-order valence-corrected chi connectivity index (χ2v) is 6.10. The number of H-pyrrole nitrogens is 1. The number of carbonyl (C=O) groups excluding carboxylic acids is 1. The number of aromatic nitrogens is 5. The van der Waals surface area contributed by atoms with Gasteiger partial charge < -0.3 is 4.90 Å². The zero-order valence-corrected chi connectivity index (χ0v) is 12.6. The molecule has 2 aromatic heterocycles. The topological polar surface area (TPSA) is 79.7 Å². The van der Waals surface area contributed by atoms with E-state index in [-0.39, 0.29) is 5.91 Å².